The molecule has 1 aromatic carbocycles. The third-order valence-electron chi connectivity index (χ3n) is 4.50. The topological polar surface area (TPSA) is 88.4 Å². The van der Waals surface area contributed by atoms with Crippen LogP contribution in [0, 0.1) is 6.92 Å². The minimum Gasteiger partial charge on any atom is -0.448 e. The number of sulfonamides is 1. The highest BCUT2D eigenvalue weighted by molar-refractivity contribution is 7.89. The molecule has 2 aromatic rings. The molecule has 0 radical (unpaired) electrons. The van der Waals surface area contributed by atoms with Crippen LogP contribution in [0.25, 0.3) is 0 Å². The van der Waals surface area contributed by atoms with Crippen molar-refractivity contribution in [2.75, 3.05) is 13.6 Å². The molecule has 3 rings (SSSR count). The summed E-state index contributed by atoms with van der Waals surface area (Å²) in [5, 5.41) is 2.66. The molecule has 1 aliphatic carbocycles. The number of carbonyl (C=O) groups excluding carboxylic acids is 1. The van der Waals surface area contributed by atoms with E-state index in [1.165, 1.54) is 18.7 Å². The van der Waals surface area contributed by atoms with Crippen molar-refractivity contribution in [3.05, 3.63) is 53.3 Å². The number of aryl methyl sites for hydroxylation is 1. The summed E-state index contributed by atoms with van der Waals surface area (Å²) in [6.07, 6.45) is 2.06. The molecule has 1 aliphatic rings. The molecule has 1 aromatic heterocycles. The summed E-state index contributed by atoms with van der Waals surface area (Å²) in [6, 6.07) is 11.4. The van der Waals surface area contributed by atoms with E-state index in [2.05, 4.69) is 22.2 Å². The minimum atomic E-state index is -3.70. The van der Waals surface area contributed by atoms with Crippen molar-refractivity contribution < 1.29 is 17.6 Å². The first-order valence-corrected chi connectivity index (χ1v) is 9.24. The van der Waals surface area contributed by atoms with Gasteiger partial charge in [-0.2, -0.15) is 0 Å². The fourth-order valence-corrected chi connectivity index (χ4v) is 3.48. The molecule has 2 N–H and O–H groups in total. The molecule has 0 atom stereocenters. The van der Waals surface area contributed by atoms with Gasteiger partial charge in [-0.1, -0.05) is 30.3 Å². The van der Waals surface area contributed by atoms with E-state index in [0.29, 0.717) is 6.54 Å². The minimum absolute atomic E-state index is 0.00551. The first-order chi connectivity index (χ1) is 11.4. The van der Waals surface area contributed by atoms with E-state index in [9.17, 15) is 13.2 Å². The van der Waals surface area contributed by atoms with Gasteiger partial charge in [0.15, 0.2) is 0 Å². The van der Waals surface area contributed by atoms with Gasteiger partial charge in [-0.05, 0) is 32.4 Å². The highest BCUT2D eigenvalue weighted by Gasteiger charge is 2.44. The Morgan fingerprint density at radius 1 is 1.25 bits per heavy atom. The molecule has 6 nitrogen and oxygen atoms in total. The summed E-state index contributed by atoms with van der Waals surface area (Å²) in [4.78, 5) is 12.4. The van der Waals surface area contributed by atoms with Crippen molar-refractivity contribution in [1.29, 1.82) is 0 Å². The maximum atomic E-state index is 12.4. The van der Waals surface area contributed by atoms with E-state index in [0.717, 1.165) is 12.8 Å². The maximum Gasteiger partial charge on any atom is 0.273 e. The average Bonchev–Trinajstić information content (AvgIpc) is 3.28. The van der Waals surface area contributed by atoms with Gasteiger partial charge in [0, 0.05) is 18.0 Å². The van der Waals surface area contributed by atoms with Gasteiger partial charge in [0.25, 0.3) is 15.9 Å². The normalized spacial score (nSPS) is 15.9. The number of amides is 1. The average molecular weight is 348 g/mol. The zero-order valence-corrected chi connectivity index (χ0v) is 14.4. The Kier molecular flexibility index (Phi) is 4.23. The highest BCUT2D eigenvalue weighted by Crippen LogP contribution is 2.47. The molecule has 0 saturated heterocycles. The summed E-state index contributed by atoms with van der Waals surface area (Å²) in [6.45, 7) is 2.10. The van der Waals surface area contributed by atoms with Gasteiger partial charge < -0.3 is 9.73 Å². The van der Waals surface area contributed by atoms with Crippen LogP contribution in [0.5, 0.6) is 0 Å². The molecule has 1 fully saturated rings. The number of hydrogen-bond acceptors (Lipinski definition) is 4. The molecule has 7 heteroatoms. The quantitative estimate of drug-likeness (QED) is 0.835. The van der Waals surface area contributed by atoms with Crippen molar-refractivity contribution in [3.8, 4) is 0 Å². The van der Waals surface area contributed by atoms with Crippen LogP contribution < -0.4 is 10.0 Å². The van der Waals surface area contributed by atoms with Crippen LogP contribution in [0.4, 0.5) is 0 Å². The van der Waals surface area contributed by atoms with E-state index in [1.54, 1.807) is 6.92 Å². The Labute approximate surface area is 141 Å². The van der Waals surface area contributed by atoms with E-state index in [1.807, 2.05) is 18.2 Å². The van der Waals surface area contributed by atoms with Gasteiger partial charge in [0.2, 0.25) is 5.09 Å². The molecule has 1 amide bonds. The molecule has 0 aliphatic heterocycles. The molecule has 24 heavy (non-hydrogen) atoms. The lowest BCUT2D eigenvalue weighted by molar-refractivity contribution is 0.0948. The molecular weight excluding hydrogens is 328 g/mol. The number of nitrogens with one attached hydrogen (secondary N) is 2. The van der Waals surface area contributed by atoms with Crippen molar-refractivity contribution in [2.24, 2.45) is 0 Å². The summed E-state index contributed by atoms with van der Waals surface area (Å²) in [5.74, 6) is -0.0399. The van der Waals surface area contributed by atoms with E-state index in [4.69, 9.17) is 4.42 Å². The molecule has 1 heterocycles. The second-order valence-electron chi connectivity index (χ2n) is 6.07. The monoisotopic (exact) mass is 348 g/mol. The van der Waals surface area contributed by atoms with Gasteiger partial charge in [-0.3, -0.25) is 4.79 Å². The lowest BCUT2D eigenvalue weighted by Gasteiger charge is -2.16. The first kappa shape index (κ1) is 16.7. The Bertz CT molecular complexity index is 852. The number of furan rings is 1. The summed E-state index contributed by atoms with van der Waals surface area (Å²) in [7, 11) is -2.41. The lowest BCUT2D eigenvalue weighted by Crippen LogP contribution is -2.32. The smallest absolute Gasteiger partial charge is 0.273 e. The number of benzene rings is 1. The Hall–Kier alpha value is -2.12. The highest BCUT2D eigenvalue weighted by atomic mass is 32.2. The SMILES string of the molecule is CNS(=O)(=O)c1cc(C(=O)NCC2(c3ccccc3)CC2)c(C)o1. The summed E-state index contributed by atoms with van der Waals surface area (Å²) >= 11 is 0. The fraction of sp³-hybridized carbons (Fsp3) is 0.353. The van der Waals surface area contributed by atoms with Gasteiger partial charge in [0.05, 0.1) is 5.56 Å². The Morgan fingerprint density at radius 3 is 2.50 bits per heavy atom. The standard InChI is InChI=1S/C17H20N2O4S/c1-12-14(10-15(23-12)24(21,22)18-2)16(20)19-11-17(8-9-17)13-6-4-3-5-7-13/h3-7,10,18H,8-9,11H2,1-2H3,(H,19,20). The van der Waals surface area contributed by atoms with Crippen LogP contribution in [0.15, 0.2) is 45.9 Å². The van der Waals surface area contributed by atoms with Crippen LogP contribution in [0.1, 0.15) is 34.5 Å². The predicted octanol–water partition coefficient (Wildman–Crippen LogP) is 1.96. The first-order valence-electron chi connectivity index (χ1n) is 7.76. The maximum absolute atomic E-state index is 12.4. The molecule has 0 spiro atoms. The van der Waals surface area contributed by atoms with Gasteiger partial charge in [-0.25, -0.2) is 13.1 Å². The number of carbonyl (C=O) groups is 1. The van der Waals surface area contributed by atoms with Crippen LogP contribution in [0.3, 0.4) is 0 Å². The third-order valence-corrected chi connectivity index (χ3v) is 5.77. The van der Waals surface area contributed by atoms with E-state index in [-0.39, 0.29) is 27.7 Å². The molecule has 0 unspecified atom stereocenters. The second-order valence-corrected chi connectivity index (χ2v) is 7.89. The predicted molar refractivity (Wildman–Crippen MR) is 89.4 cm³/mol. The van der Waals surface area contributed by atoms with E-state index < -0.39 is 10.0 Å². The van der Waals surface area contributed by atoms with Crippen LogP contribution in [-0.2, 0) is 15.4 Å². The molecule has 0 bridgehead atoms. The van der Waals surface area contributed by atoms with Crippen molar-refractivity contribution >= 4 is 15.9 Å². The van der Waals surface area contributed by atoms with Gasteiger partial charge >= 0.3 is 0 Å². The third kappa shape index (κ3) is 3.09. The molecular formula is C17H20N2O4S. The van der Waals surface area contributed by atoms with Gasteiger partial charge in [0.1, 0.15) is 5.76 Å². The Morgan fingerprint density at radius 2 is 1.92 bits per heavy atom. The number of hydrogen-bond donors (Lipinski definition) is 2. The van der Waals surface area contributed by atoms with Crippen molar-refractivity contribution in [3.63, 3.8) is 0 Å². The summed E-state index contributed by atoms with van der Waals surface area (Å²) < 4.78 is 30.9. The van der Waals surface area contributed by atoms with Crippen LogP contribution in [0.2, 0.25) is 0 Å². The second kappa shape index (κ2) is 6.07. The Balaban J connectivity index is 1.73. The lowest BCUT2D eigenvalue weighted by atomic mass is 9.96. The van der Waals surface area contributed by atoms with Gasteiger partial charge in [-0.15, -0.1) is 0 Å². The van der Waals surface area contributed by atoms with Crippen molar-refractivity contribution in [1.82, 2.24) is 10.0 Å². The molecule has 128 valence electrons. The number of rotatable bonds is 6. The van der Waals surface area contributed by atoms with Crippen LogP contribution in [-0.4, -0.2) is 27.9 Å². The zero-order chi connectivity index (χ0) is 17.4. The fourth-order valence-electron chi connectivity index (χ4n) is 2.77. The van der Waals surface area contributed by atoms with Crippen molar-refractivity contribution in [2.45, 2.75) is 30.3 Å². The largest absolute Gasteiger partial charge is 0.448 e. The van der Waals surface area contributed by atoms with E-state index >= 15 is 0 Å². The van der Waals surface area contributed by atoms with Crippen LogP contribution >= 0.6 is 0 Å². The zero-order valence-electron chi connectivity index (χ0n) is 13.6. The summed E-state index contributed by atoms with van der Waals surface area (Å²) in [5.41, 5.74) is 1.45. The molecule has 1 saturated carbocycles.